The number of nitro groups is 1. The molecule has 1 aliphatic rings. The van der Waals surface area contributed by atoms with E-state index in [0.717, 1.165) is 23.4 Å². The normalized spacial score (nSPS) is 16.4. The summed E-state index contributed by atoms with van der Waals surface area (Å²) in [6.07, 6.45) is 1.55. The van der Waals surface area contributed by atoms with Crippen molar-refractivity contribution in [3.05, 3.63) is 64.7 Å². The Kier molecular flexibility index (Phi) is 6.65. The third-order valence-electron chi connectivity index (χ3n) is 4.60. The second-order valence-electron chi connectivity index (χ2n) is 6.57. The van der Waals surface area contributed by atoms with Crippen LogP contribution in [0.5, 0.6) is 0 Å². The average molecular weight is 399 g/mol. The van der Waals surface area contributed by atoms with Crippen molar-refractivity contribution >= 4 is 35.0 Å². The van der Waals surface area contributed by atoms with Crippen LogP contribution in [0.4, 0.5) is 11.4 Å². The molecule has 28 heavy (non-hydrogen) atoms. The number of benzene rings is 2. The molecule has 2 aromatic rings. The fraction of sp³-hybridized carbons (Fsp3) is 0.300. The van der Waals surface area contributed by atoms with Crippen LogP contribution >= 0.6 is 11.8 Å². The first-order chi connectivity index (χ1) is 13.5. The van der Waals surface area contributed by atoms with E-state index in [2.05, 4.69) is 5.32 Å². The van der Waals surface area contributed by atoms with Gasteiger partial charge in [0.25, 0.3) is 5.69 Å². The summed E-state index contributed by atoms with van der Waals surface area (Å²) in [5.74, 6) is -0.0697. The van der Waals surface area contributed by atoms with Gasteiger partial charge in [0.15, 0.2) is 0 Å². The summed E-state index contributed by atoms with van der Waals surface area (Å²) in [5.41, 5.74) is 0.781. The van der Waals surface area contributed by atoms with Crippen molar-refractivity contribution in [1.29, 1.82) is 0 Å². The Morgan fingerprint density at radius 1 is 1.14 bits per heavy atom. The zero-order valence-corrected chi connectivity index (χ0v) is 16.1. The molecule has 2 amide bonds. The molecule has 0 aromatic heterocycles. The zero-order chi connectivity index (χ0) is 19.9. The van der Waals surface area contributed by atoms with E-state index >= 15 is 0 Å². The number of hydrogen-bond donors (Lipinski definition) is 1. The molecule has 1 N–H and O–H groups in total. The lowest BCUT2D eigenvalue weighted by atomic mass is 9.97. The van der Waals surface area contributed by atoms with Crippen LogP contribution < -0.4 is 5.32 Å². The van der Waals surface area contributed by atoms with Gasteiger partial charge in [0.1, 0.15) is 0 Å². The SMILES string of the molecule is O=C(Nc1ccccc1)C1CCCN(C(=O)CSc2ccc([N+](=O)[O-])cc2)C1. The summed E-state index contributed by atoms with van der Waals surface area (Å²) in [6, 6.07) is 15.4. The smallest absolute Gasteiger partial charge is 0.269 e. The van der Waals surface area contributed by atoms with Gasteiger partial charge in [-0.15, -0.1) is 11.8 Å². The molecule has 0 radical (unpaired) electrons. The molecule has 0 aliphatic carbocycles. The number of nitro benzene ring substituents is 1. The molecule has 1 heterocycles. The Morgan fingerprint density at radius 3 is 2.54 bits per heavy atom. The number of likely N-dealkylation sites (tertiary alicyclic amines) is 1. The van der Waals surface area contributed by atoms with Gasteiger partial charge in [0.05, 0.1) is 16.6 Å². The van der Waals surface area contributed by atoms with Crippen LogP contribution in [0.25, 0.3) is 0 Å². The minimum Gasteiger partial charge on any atom is -0.341 e. The number of nitrogens with zero attached hydrogens (tertiary/aromatic N) is 2. The maximum absolute atomic E-state index is 12.5. The van der Waals surface area contributed by atoms with E-state index < -0.39 is 4.92 Å². The van der Waals surface area contributed by atoms with Gasteiger partial charge in [0, 0.05) is 35.8 Å². The predicted octanol–water partition coefficient (Wildman–Crippen LogP) is 3.56. The minimum absolute atomic E-state index is 0.0268. The molecule has 0 bridgehead atoms. The number of nitrogens with one attached hydrogen (secondary N) is 1. The largest absolute Gasteiger partial charge is 0.341 e. The van der Waals surface area contributed by atoms with Crippen molar-refractivity contribution in [2.24, 2.45) is 5.92 Å². The van der Waals surface area contributed by atoms with Crippen LogP contribution in [0, 0.1) is 16.0 Å². The van der Waals surface area contributed by atoms with Gasteiger partial charge in [-0.1, -0.05) is 18.2 Å². The van der Waals surface area contributed by atoms with Crippen LogP contribution in [0.1, 0.15) is 12.8 Å². The van der Waals surface area contributed by atoms with Gasteiger partial charge >= 0.3 is 0 Å². The Morgan fingerprint density at radius 2 is 1.86 bits per heavy atom. The van der Waals surface area contributed by atoms with E-state index in [-0.39, 0.29) is 29.2 Å². The first-order valence-corrected chi connectivity index (χ1v) is 10.0. The van der Waals surface area contributed by atoms with E-state index in [9.17, 15) is 19.7 Å². The number of rotatable bonds is 6. The molecular weight excluding hydrogens is 378 g/mol. The summed E-state index contributed by atoms with van der Waals surface area (Å²) < 4.78 is 0. The van der Waals surface area contributed by atoms with Crippen LogP contribution in [-0.2, 0) is 9.59 Å². The Balaban J connectivity index is 1.51. The lowest BCUT2D eigenvalue weighted by Crippen LogP contribution is -2.44. The van der Waals surface area contributed by atoms with Gasteiger partial charge in [-0.2, -0.15) is 0 Å². The number of carbonyl (C=O) groups excluding carboxylic acids is 2. The molecule has 7 nitrogen and oxygen atoms in total. The Labute approximate surface area is 167 Å². The molecule has 1 fully saturated rings. The molecular formula is C20H21N3O4S. The van der Waals surface area contributed by atoms with E-state index in [1.807, 2.05) is 30.3 Å². The number of piperidine rings is 1. The van der Waals surface area contributed by atoms with E-state index in [1.54, 1.807) is 17.0 Å². The van der Waals surface area contributed by atoms with Crippen molar-refractivity contribution in [2.75, 3.05) is 24.2 Å². The van der Waals surface area contributed by atoms with Crippen LogP contribution in [0.3, 0.4) is 0 Å². The lowest BCUT2D eigenvalue weighted by molar-refractivity contribution is -0.384. The van der Waals surface area contributed by atoms with Crippen LogP contribution in [0.2, 0.25) is 0 Å². The fourth-order valence-corrected chi connectivity index (χ4v) is 3.89. The van der Waals surface area contributed by atoms with Crippen molar-refractivity contribution in [1.82, 2.24) is 4.90 Å². The summed E-state index contributed by atoms with van der Waals surface area (Å²) in [5, 5.41) is 13.6. The van der Waals surface area contributed by atoms with E-state index in [0.29, 0.717) is 13.1 Å². The average Bonchev–Trinajstić information content (AvgIpc) is 2.73. The molecule has 1 atom stereocenters. The van der Waals surface area contributed by atoms with Crippen LogP contribution in [-0.4, -0.2) is 40.5 Å². The molecule has 2 aromatic carbocycles. The Bertz CT molecular complexity index is 842. The highest BCUT2D eigenvalue weighted by molar-refractivity contribution is 8.00. The van der Waals surface area contributed by atoms with E-state index in [1.165, 1.54) is 23.9 Å². The summed E-state index contributed by atoms with van der Waals surface area (Å²) in [4.78, 5) is 37.8. The lowest BCUT2D eigenvalue weighted by Gasteiger charge is -2.32. The molecule has 1 unspecified atom stereocenters. The van der Waals surface area contributed by atoms with Crippen molar-refractivity contribution in [3.63, 3.8) is 0 Å². The molecule has 3 rings (SSSR count). The zero-order valence-electron chi connectivity index (χ0n) is 15.2. The quantitative estimate of drug-likeness (QED) is 0.455. The highest BCUT2D eigenvalue weighted by atomic mass is 32.2. The highest BCUT2D eigenvalue weighted by Gasteiger charge is 2.28. The second-order valence-corrected chi connectivity index (χ2v) is 7.62. The topological polar surface area (TPSA) is 92.6 Å². The van der Waals surface area contributed by atoms with Gasteiger partial charge < -0.3 is 10.2 Å². The highest BCUT2D eigenvalue weighted by Crippen LogP contribution is 2.24. The minimum atomic E-state index is -0.450. The number of anilines is 1. The molecule has 1 saturated heterocycles. The van der Waals surface area contributed by atoms with Crippen molar-refractivity contribution in [2.45, 2.75) is 17.7 Å². The Hall–Kier alpha value is -2.87. The number of hydrogen-bond acceptors (Lipinski definition) is 5. The number of thioether (sulfide) groups is 1. The van der Waals surface area contributed by atoms with Gasteiger partial charge in [-0.25, -0.2) is 0 Å². The van der Waals surface area contributed by atoms with Crippen molar-refractivity contribution in [3.8, 4) is 0 Å². The first kappa shape index (κ1) is 19.9. The molecule has 0 saturated carbocycles. The standard InChI is InChI=1S/C20H21N3O4S/c24-19(14-28-18-10-8-17(9-11-18)23(26)27)22-12-4-5-15(13-22)20(25)21-16-6-2-1-3-7-16/h1-3,6-11,15H,4-5,12-14H2,(H,21,25). The number of para-hydroxylation sites is 1. The predicted molar refractivity (Wildman–Crippen MR) is 108 cm³/mol. The molecule has 8 heteroatoms. The van der Waals surface area contributed by atoms with Crippen LogP contribution in [0.15, 0.2) is 59.5 Å². The fourth-order valence-electron chi connectivity index (χ4n) is 3.08. The van der Waals surface area contributed by atoms with Gasteiger partial charge in [0.2, 0.25) is 11.8 Å². The van der Waals surface area contributed by atoms with Gasteiger partial charge in [-0.3, -0.25) is 19.7 Å². The third kappa shape index (κ3) is 5.32. The second kappa shape index (κ2) is 9.36. The molecule has 146 valence electrons. The number of amides is 2. The monoisotopic (exact) mass is 399 g/mol. The summed E-state index contributed by atoms with van der Waals surface area (Å²) >= 11 is 1.34. The first-order valence-electron chi connectivity index (χ1n) is 9.04. The maximum Gasteiger partial charge on any atom is 0.269 e. The van der Waals surface area contributed by atoms with E-state index in [4.69, 9.17) is 0 Å². The summed E-state index contributed by atoms with van der Waals surface area (Å²) in [6.45, 7) is 1.06. The number of carbonyl (C=O) groups is 2. The molecule has 1 aliphatic heterocycles. The van der Waals surface area contributed by atoms with Crippen molar-refractivity contribution < 1.29 is 14.5 Å². The molecule has 0 spiro atoms. The number of non-ortho nitro benzene ring substituents is 1. The summed E-state index contributed by atoms with van der Waals surface area (Å²) in [7, 11) is 0. The van der Waals surface area contributed by atoms with Gasteiger partial charge in [-0.05, 0) is 37.1 Å². The third-order valence-corrected chi connectivity index (χ3v) is 5.59. The maximum atomic E-state index is 12.5.